The number of likely N-dealkylation sites (tertiary alicyclic amines) is 1. The van der Waals surface area contributed by atoms with Crippen LogP contribution in [0.15, 0.2) is 18.2 Å². The van der Waals surface area contributed by atoms with Gasteiger partial charge in [0, 0.05) is 20.7 Å². The minimum absolute atomic E-state index is 0.0596. The average molecular weight is 322 g/mol. The Morgan fingerprint density at radius 3 is 2.83 bits per heavy atom. The maximum Gasteiger partial charge on any atom is 0.248 e. The van der Waals surface area contributed by atoms with Crippen LogP contribution >= 0.6 is 0 Å². The molecule has 1 atom stereocenters. The van der Waals surface area contributed by atoms with Crippen LogP contribution in [-0.2, 0) is 20.7 Å². The molecule has 23 heavy (non-hydrogen) atoms. The molecule has 0 saturated carbocycles. The molecule has 1 unspecified atom stereocenters. The second-order valence-electron chi connectivity index (χ2n) is 5.96. The van der Waals surface area contributed by atoms with Crippen molar-refractivity contribution in [2.75, 3.05) is 27.3 Å². The molecule has 0 aromatic heterocycles. The molecule has 126 valence electrons. The van der Waals surface area contributed by atoms with E-state index < -0.39 is 11.4 Å². The zero-order valence-corrected chi connectivity index (χ0v) is 13.8. The summed E-state index contributed by atoms with van der Waals surface area (Å²) in [7, 11) is 3.05. The zero-order chi connectivity index (χ0) is 17.0. The Kier molecular flexibility index (Phi) is 5.36. The lowest BCUT2D eigenvalue weighted by Crippen LogP contribution is -2.59. The third kappa shape index (κ3) is 3.37. The number of hydrogen-bond acceptors (Lipinski definition) is 3. The van der Waals surface area contributed by atoms with Crippen molar-refractivity contribution in [2.45, 2.75) is 31.7 Å². The number of aryl methyl sites for hydroxylation is 1. The molecule has 5 nitrogen and oxygen atoms in total. The van der Waals surface area contributed by atoms with Gasteiger partial charge in [0.05, 0.1) is 13.0 Å². The van der Waals surface area contributed by atoms with E-state index in [0.717, 1.165) is 12.0 Å². The molecule has 1 aromatic carbocycles. The zero-order valence-electron chi connectivity index (χ0n) is 13.8. The first-order valence-corrected chi connectivity index (χ1v) is 7.71. The Labute approximate surface area is 135 Å². The van der Waals surface area contributed by atoms with Crippen LogP contribution in [0.1, 0.15) is 24.0 Å². The maximum atomic E-state index is 13.9. The first-order valence-electron chi connectivity index (χ1n) is 7.71. The number of halogens is 1. The summed E-state index contributed by atoms with van der Waals surface area (Å²) in [5.41, 5.74) is 0.246. The van der Waals surface area contributed by atoms with Gasteiger partial charge in [-0.25, -0.2) is 4.39 Å². The molecule has 2 amide bonds. The number of amides is 2. The van der Waals surface area contributed by atoms with Crippen molar-refractivity contribution in [3.63, 3.8) is 0 Å². The van der Waals surface area contributed by atoms with E-state index in [1.165, 1.54) is 18.1 Å². The molecule has 1 N–H and O–H groups in total. The van der Waals surface area contributed by atoms with Gasteiger partial charge in [-0.3, -0.25) is 9.59 Å². The van der Waals surface area contributed by atoms with Gasteiger partial charge in [-0.2, -0.15) is 0 Å². The lowest BCUT2D eigenvalue weighted by atomic mass is 9.95. The highest BCUT2D eigenvalue weighted by molar-refractivity contribution is 5.92. The normalized spacial score (nSPS) is 20.6. The highest BCUT2D eigenvalue weighted by Gasteiger charge is 2.49. The van der Waals surface area contributed by atoms with E-state index in [1.807, 2.05) is 6.92 Å². The number of nitrogens with one attached hydrogen (secondary N) is 1. The van der Waals surface area contributed by atoms with Gasteiger partial charge < -0.3 is 15.0 Å². The van der Waals surface area contributed by atoms with Crippen LogP contribution < -0.4 is 5.32 Å². The largest absolute Gasteiger partial charge is 0.382 e. The first-order chi connectivity index (χ1) is 10.9. The van der Waals surface area contributed by atoms with Crippen molar-refractivity contribution < 1.29 is 18.7 Å². The Balaban J connectivity index is 2.26. The van der Waals surface area contributed by atoms with Gasteiger partial charge in [0.15, 0.2) is 0 Å². The summed E-state index contributed by atoms with van der Waals surface area (Å²) in [4.78, 5) is 26.6. The summed E-state index contributed by atoms with van der Waals surface area (Å²) in [5.74, 6) is -0.900. The van der Waals surface area contributed by atoms with Crippen molar-refractivity contribution in [1.29, 1.82) is 0 Å². The number of carbonyl (C=O) groups is 2. The van der Waals surface area contributed by atoms with E-state index >= 15 is 0 Å². The Bertz CT molecular complexity index is 606. The second kappa shape index (κ2) is 7.08. The molecule has 6 heteroatoms. The molecule has 0 bridgehead atoms. The average Bonchev–Trinajstić information content (AvgIpc) is 2.95. The minimum atomic E-state index is -0.999. The van der Waals surface area contributed by atoms with Crippen LogP contribution in [0.4, 0.5) is 4.39 Å². The molecule has 1 fully saturated rings. The number of nitrogens with zero attached hydrogens (tertiary/aromatic N) is 1. The van der Waals surface area contributed by atoms with Gasteiger partial charge in [-0.1, -0.05) is 17.7 Å². The summed E-state index contributed by atoms with van der Waals surface area (Å²) in [6.45, 7) is 2.46. The molecule has 0 radical (unpaired) electrons. The number of hydrogen-bond donors (Lipinski definition) is 1. The fraction of sp³-hybridized carbons (Fsp3) is 0.529. The topological polar surface area (TPSA) is 58.6 Å². The number of carbonyl (C=O) groups excluding carboxylic acids is 2. The third-order valence-electron chi connectivity index (χ3n) is 4.37. The van der Waals surface area contributed by atoms with E-state index in [9.17, 15) is 14.0 Å². The van der Waals surface area contributed by atoms with Crippen LogP contribution in [0.25, 0.3) is 0 Å². The van der Waals surface area contributed by atoms with E-state index in [0.29, 0.717) is 18.5 Å². The van der Waals surface area contributed by atoms with E-state index in [4.69, 9.17) is 4.74 Å². The van der Waals surface area contributed by atoms with Gasteiger partial charge in [0.1, 0.15) is 11.4 Å². The number of likely N-dealkylation sites (N-methyl/N-ethyl adjacent to an activating group) is 1. The Morgan fingerprint density at radius 1 is 1.43 bits per heavy atom. The molecule has 0 spiro atoms. The molecule has 1 saturated heterocycles. The molecule has 1 aromatic rings. The van der Waals surface area contributed by atoms with E-state index in [2.05, 4.69) is 5.32 Å². The SMILES string of the molecule is CNC(=O)C1(COC)CCCN1C(=O)Cc1cc(C)ccc1F. The number of methoxy groups -OCH3 is 1. The lowest BCUT2D eigenvalue weighted by molar-refractivity contribution is -0.147. The fourth-order valence-electron chi connectivity index (χ4n) is 3.26. The summed E-state index contributed by atoms with van der Waals surface area (Å²) < 4.78 is 19.1. The smallest absolute Gasteiger partial charge is 0.248 e. The molecular formula is C17H23FN2O3. The second-order valence-corrected chi connectivity index (χ2v) is 5.96. The molecule has 2 rings (SSSR count). The molecule has 0 aliphatic carbocycles. The summed E-state index contributed by atoms with van der Waals surface area (Å²) in [6, 6.07) is 4.70. The summed E-state index contributed by atoms with van der Waals surface area (Å²) in [5, 5.41) is 2.61. The summed E-state index contributed by atoms with van der Waals surface area (Å²) in [6.07, 6.45) is 1.21. The van der Waals surface area contributed by atoms with Crippen LogP contribution in [-0.4, -0.2) is 49.6 Å². The molecule has 1 aliphatic rings. The van der Waals surface area contributed by atoms with Crippen molar-refractivity contribution in [3.05, 3.63) is 35.1 Å². The van der Waals surface area contributed by atoms with Gasteiger partial charge in [0.2, 0.25) is 11.8 Å². The number of benzene rings is 1. The van der Waals surface area contributed by atoms with Gasteiger partial charge in [-0.05, 0) is 31.4 Å². The van der Waals surface area contributed by atoms with Crippen molar-refractivity contribution in [2.24, 2.45) is 0 Å². The standard InChI is InChI=1S/C17H23FN2O3/c1-12-5-6-14(18)13(9-12)10-15(21)20-8-4-7-17(20,11-23-3)16(22)19-2/h5-6,9H,4,7-8,10-11H2,1-3H3,(H,19,22). The fourth-order valence-corrected chi connectivity index (χ4v) is 3.26. The third-order valence-corrected chi connectivity index (χ3v) is 4.37. The number of ether oxygens (including phenoxy) is 1. The van der Waals surface area contributed by atoms with Crippen molar-refractivity contribution >= 4 is 11.8 Å². The van der Waals surface area contributed by atoms with Gasteiger partial charge in [0.25, 0.3) is 0 Å². The Morgan fingerprint density at radius 2 is 2.17 bits per heavy atom. The Hall–Kier alpha value is -1.95. The van der Waals surface area contributed by atoms with Crippen LogP contribution in [0.5, 0.6) is 0 Å². The predicted octanol–water partition coefficient (Wildman–Crippen LogP) is 1.43. The quantitative estimate of drug-likeness (QED) is 0.892. The van der Waals surface area contributed by atoms with Crippen molar-refractivity contribution in [1.82, 2.24) is 10.2 Å². The molecule has 1 aliphatic heterocycles. The van der Waals surface area contributed by atoms with E-state index in [1.54, 1.807) is 19.2 Å². The van der Waals surface area contributed by atoms with Crippen LogP contribution in [0.3, 0.4) is 0 Å². The summed E-state index contributed by atoms with van der Waals surface area (Å²) >= 11 is 0. The highest BCUT2D eigenvalue weighted by atomic mass is 19.1. The minimum Gasteiger partial charge on any atom is -0.382 e. The van der Waals surface area contributed by atoms with Crippen molar-refractivity contribution in [3.8, 4) is 0 Å². The molecular weight excluding hydrogens is 299 g/mol. The van der Waals surface area contributed by atoms with Crippen LogP contribution in [0.2, 0.25) is 0 Å². The van der Waals surface area contributed by atoms with Gasteiger partial charge in [-0.15, -0.1) is 0 Å². The molecule has 1 heterocycles. The highest BCUT2D eigenvalue weighted by Crippen LogP contribution is 2.31. The predicted molar refractivity (Wildman–Crippen MR) is 84.5 cm³/mol. The lowest BCUT2D eigenvalue weighted by Gasteiger charge is -2.36. The van der Waals surface area contributed by atoms with Crippen LogP contribution in [0, 0.1) is 12.7 Å². The first kappa shape index (κ1) is 17.4. The maximum absolute atomic E-state index is 13.9. The monoisotopic (exact) mass is 322 g/mol. The van der Waals surface area contributed by atoms with Gasteiger partial charge >= 0.3 is 0 Å². The number of rotatable bonds is 5. The van der Waals surface area contributed by atoms with E-state index in [-0.39, 0.29) is 24.8 Å².